The molecule has 0 saturated heterocycles. The summed E-state index contributed by atoms with van der Waals surface area (Å²) in [6.45, 7) is 0. The lowest BCUT2D eigenvalue weighted by Crippen LogP contribution is -2.16. The third kappa shape index (κ3) is 3.54. The van der Waals surface area contributed by atoms with E-state index >= 15 is 0 Å². The summed E-state index contributed by atoms with van der Waals surface area (Å²) >= 11 is 6.07. The maximum absolute atomic E-state index is 6.07. The summed E-state index contributed by atoms with van der Waals surface area (Å²) in [4.78, 5) is 3.97. The highest BCUT2D eigenvalue weighted by Gasteiger charge is 2.11. The van der Waals surface area contributed by atoms with Crippen molar-refractivity contribution in [2.24, 2.45) is 0 Å². The minimum atomic E-state index is 0.258. The van der Waals surface area contributed by atoms with E-state index in [1.54, 1.807) is 12.4 Å². The molecule has 0 aromatic carbocycles. The lowest BCUT2D eigenvalue weighted by Gasteiger charge is -2.16. The van der Waals surface area contributed by atoms with E-state index in [1.165, 1.54) is 0 Å². The molecule has 1 unspecified atom stereocenters. The average Bonchev–Trinajstić information content (AvgIpc) is 2.26. The Morgan fingerprint density at radius 3 is 3.07 bits per heavy atom. The Balaban J connectivity index is 2.66. The van der Waals surface area contributed by atoms with Gasteiger partial charge in [-0.05, 0) is 31.5 Å². The maximum Gasteiger partial charge on any atom is 0.0637 e. The van der Waals surface area contributed by atoms with Crippen LogP contribution in [-0.2, 0) is 0 Å². The summed E-state index contributed by atoms with van der Waals surface area (Å²) < 4.78 is 0. The fourth-order valence-corrected chi connectivity index (χ4v) is 1.78. The van der Waals surface area contributed by atoms with Crippen LogP contribution < -0.4 is 5.32 Å². The fraction of sp³-hybridized carbons (Fsp3) is 0.417. The van der Waals surface area contributed by atoms with Gasteiger partial charge in [0.2, 0.25) is 0 Å². The molecule has 0 amide bonds. The number of halogens is 1. The Morgan fingerprint density at radius 1 is 1.67 bits per heavy atom. The summed E-state index contributed by atoms with van der Waals surface area (Å²) in [7, 11) is 1.93. The molecule has 80 valence electrons. The molecule has 0 spiro atoms. The van der Waals surface area contributed by atoms with E-state index in [-0.39, 0.29) is 6.04 Å². The van der Waals surface area contributed by atoms with Crippen LogP contribution in [0.3, 0.4) is 0 Å². The standard InChI is InChI=1S/C12H15ClN2/c1-3-4-5-6-12(14-2)10-7-8-15-9-11(10)13/h1,7-9,12,14H,4-6H2,2H3. The highest BCUT2D eigenvalue weighted by molar-refractivity contribution is 6.31. The van der Waals surface area contributed by atoms with E-state index in [9.17, 15) is 0 Å². The molecule has 0 fully saturated rings. The second-order valence-electron chi connectivity index (χ2n) is 3.33. The minimum Gasteiger partial charge on any atom is -0.313 e. The molecule has 1 heterocycles. The molecule has 2 nitrogen and oxygen atoms in total. The van der Waals surface area contributed by atoms with Crippen LogP contribution >= 0.6 is 11.6 Å². The summed E-state index contributed by atoms with van der Waals surface area (Å²) in [6.07, 6.45) is 11.4. The van der Waals surface area contributed by atoms with Gasteiger partial charge in [-0.1, -0.05) is 11.6 Å². The van der Waals surface area contributed by atoms with Crippen molar-refractivity contribution >= 4 is 11.6 Å². The first-order valence-corrected chi connectivity index (χ1v) is 5.37. The van der Waals surface area contributed by atoms with E-state index in [2.05, 4.69) is 16.2 Å². The predicted molar refractivity (Wildman–Crippen MR) is 63.7 cm³/mol. The number of nitrogens with zero attached hydrogens (tertiary/aromatic N) is 1. The molecule has 0 aliphatic rings. The van der Waals surface area contributed by atoms with E-state index in [4.69, 9.17) is 18.0 Å². The largest absolute Gasteiger partial charge is 0.313 e. The van der Waals surface area contributed by atoms with Gasteiger partial charge in [0, 0.05) is 24.9 Å². The predicted octanol–water partition coefficient (Wildman–Crippen LogP) is 2.80. The van der Waals surface area contributed by atoms with Crippen LogP contribution in [0.25, 0.3) is 0 Å². The zero-order valence-corrected chi connectivity index (χ0v) is 9.59. The number of pyridine rings is 1. The summed E-state index contributed by atoms with van der Waals surface area (Å²) in [5.41, 5.74) is 1.09. The number of hydrogen-bond donors (Lipinski definition) is 1. The summed E-state index contributed by atoms with van der Waals surface area (Å²) in [5.74, 6) is 2.64. The Bertz CT molecular complexity index is 344. The second kappa shape index (κ2) is 6.44. The molecular formula is C12H15ClN2. The Morgan fingerprint density at radius 2 is 2.47 bits per heavy atom. The van der Waals surface area contributed by atoms with Gasteiger partial charge in [0.25, 0.3) is 0 Å². The first-order chi connectivity index (χ1) is 7.29. The number of terminal acetylenes is 1. The highest BCUT2D eigenvalue weighted by Crippen LogP contribution is 2.25. The number of aromatic nitrogens is 1. The molecular weight excluding hydrogens is 208 g/mol. The van der Waals surface area contributed by atoms with E-state index in [1.807, 2.05) is 13.1 Å². The third-order valence-corrected chi connectivity index (χ3v) is 2.66. The van der Waals surface area contributed by atoms with Gasteiger partial charge in [-0.3, -0.25) is 4.98 Å². The van der Waals surface area contributed by atoms with Crippen molar-refractivity contribution in [3.05, 3.63) is 29.0 Å². The van der Waals surface area contributed by atoms with Crippen LogP contribution in [-0.4, -0.2) is 12.0 Å². The van der Waals surface area contributed by atoms with Crippen molar-refractivity contribution in [2.75, 3.05) is 7.05 Å². The first-order valence-electron chi connectivity index (χ1n) is 4.99. The number of nitrogens with one attached hydrogen (secondary N) is 1. The Kier molecular flexibility index (Phi) is 5.17. The maximum atomic E-state index is 6.07. The quantitative estimate of drug-likeness (QED) is 0.612. The first kappa shape index (κ1) is 12.0. The van der Waals surface area contributed by atoms with Crippen molar-refractivity contribution in [1.29, 1.82) is 0 Å². The lowest BCUT2D eigenvalue weighted by molar-refractivity contribution is 0.532. The van der Waals surface area contributed by atoms with Crippen molar-refractivity contribution in [1.82, 2.24) is 10.3 Å². The zero-order chi connectivity index (χ0) is 11.1. The van der Waals surface area contributed by atoms with E-state index in [0.717, 1.165) is 24.8 Å². The minimum absolute atomic E-state index is 0.258. The summed E-state index contributed by atoms with van der Waals surface area (Å²) in [5, 5.41) is 3.94. The van der Waals surface area contributed by atoms with Gasteiger partial charge in [0.1, 0.15) is 0 Å². The SMILES string of the molecule is C#CCCCC(NC)c1ccncc1Cl. The molecule has 1 atom stereocenters. The number of hydrogen-bond acceptors (Lipinski definition) is 2. The smallest absolute Gasteiger partial charge is 0.0637 e. The molecule has 0 aliphatic heterocycles. The highest BCUT2D eigenvalue weighted by atomic mass is 35.5. The van der Waals surface area contributed by atoms with Gasteiger partial charge in [0.05, 0.1) is 5.02 Å². The summed E-state index contributed by atoms with van der Waals surface area (Å²) in [6, 6.07) is 2.20. The third-order valence-electron chi connectivity index (χ3n) is 2.34. The van der Waals surface area contributed by atoms with Gasteiger partial charge in [-0.15, -0.1) is 12.3 Å². The number of rotatable bonds is 5. The van der Waals surface area contributed by atoms with Gasteiger partial charge in [0.15, 0.2) is 0 Å². The van der Waals surface area contributed by atoms with Crippen molar-refractivity contribution in [2.45, 2.75) is 25.3 Å². The average molecular weight is 223 g/mol. The topological polar surface area (TPSA) is 24.9 Å². The molecule has 3 heteroatoms. The van der Waals surface area contributed by atoms with Crippen LogP contribution in [0.1, 0.15) is 30.9 Å². The lowest BCUT2D eigenvalue weighted by atomic mass is 10.0. The van der Waals surface area contributed by atoms with Gasteiger partial charge >= 0.3 is 0 Å². The Labute approximate surface area is 96.1 Å². The fourth-order valence-electron chi connectivity index (χ4n) is 1.53. The molecule has 1 N–H and O–H groups in total. The second-order valence-corrected chi connectivity index (χ2v) is 3.74. The van der Waals surface area contributed by atoms with Crippen LogP contribution in [0.15, 0.2) is 18.5 Å². The normalized spacial score (nSPS) is 12.1. The molecule has 0 radical (unpaired) electrons. The number of unbranched alkanes of at least 4 members (excludes halogenated alkanes) is 1. The van der Waals surface area contributed by atoms with Crippen LogP contribution in [0, 0.1) is 12.3 Å². The molecule has 15 heavy (non-hydrogen) atoms. The molecule has 1 aromatic heterocycles. The van der Waals surface area contributed by atoms with Crippen LogP contribution in [0.5, 0.6) is 0 Å². The van der Waals surface area contributed by atoms with Crippen molar-refractivity contribution in [3.63, 3.8) is 0 Å². The molecule has 0 aliphatic carbocycles. The van der Waals surface area contributed by atoms with Crippen LogP contribution in [0.2, 0.25) is 5.02 Å². The van der Waals surface area contributed by atoms with Gasteiger partial charge in [-0.2, -0.15) is 0 Å². The van der Waals surface area contributed by atoms with Gasteiger partial charge in [-0.25, -0.2) is 0 Å². The van der Waals surface area contributed by atoms with Crippen molar-refractivity contribution in [3.8, 4) is 12.3 Å². The molecule has 1 rings (SSSR count). The van der Waals surface area contributed by atoms with E-state index in [0.29, 0.717) is 5.02 Å². The molecule has 0 bridgehead atoms. The molecule has 0 saturated carbocycles. The molecule has 1 aromatic rings. The monoisotopic (exact) mass is 222 g/mol. The van der Waals surface area contributed by atoms with Crippen molar-refractivity contribution < 1.29 is 0 Å². The van der Waals surface area contributed by atoms with Crippen LogP contribution in [0.4, 0.5) is 0 Å². The van der Waals surface area contributed by atoms with Gasteiger partial charge < -0.3 is 5.32 Å². The zero-order valence-electron chi connectivity index (χ0n) is 8.83. The van der Waals surface area contributed by atoms with E-state index < -0.39 is 0 Å². The Hall–Kier alpha value is -1.04.